The maximum absolute atomic E-state index is 12.9. The van der Waals surface area contributed by atoms with Crippen LogP contribution in [0.4, 0.5) is 0 Å². The number of carbonyl (C=O) groups excluding carboxylic acids is 1. The minimum absolute atomic E-state index is 0.124. The Morgan fingerprint density at radius 1 is 1.19 bits per heavy atom. The lowest BCUT2D eigenvalue weighted by atomic mass is 10.1. The van der Waals surface area contributed by atoms with Gasteiger partial charge in [-0.25, -0.2) is 0 Å². The molecular formula is C21H23N3O3. The highest BCUT2D eigenvalue weighted by molar-refractivity contribution is 5.95. The number of ether oxygens (including phenoxy) is 1. The minimum Gasteiger partial charge on any atom is -0.491 e. The van der Waals surface area contributed by atoms with Crippen LogP contribution in [0.15, 0.2) is 67.0 Å². The quantitative estimate of drug-likeness (QED) is 0.643. The lowest BCUT2D eigenvalue weighted by molar-refractivity contribution is 0.0514. The van der Waals surface area contributed by atoms with E-state index in [4.69, 9.17) is 4.74 Å². The number of hydrogen-bond donors (Lipinski definition) is 2. The Bertz CT molecular complexity index is 850. The molecule has 1 amide bonds. The van der Waals surface area contributed by atoms with Gasteiger partial charge in [0.2, 0.25) is 0 Å². The predicted octanol–water partition coefficient (Wildman–Crippen LogP) is 2.98. The first-order chi connectivity index (χ1) is 13.2. The van der Waals surface area contributed by atoms with Crippen LogP contribution in [0.3, 0.4) is 0 Å². The number of amides is 1. The second-order valence-corrected chi connectivity index (χ2v) is 6.19. The molecule has 2 aromatic carbocycles. The van der Waals surface area contributed by atoms with Crippen LogP contribution < -0.4 is 4.74 Å². The largest absolute Gasteiger partial charge is 0.491 e. The smallest absolute Gasteiger partial charge is 0.253 e. The molecule has 140 valence electrons. The number of aromatic nitrogens is 2. The average Bonchev–Trinajstić information content (AvgIpc) is 3.26. The maximum atomic E-state index is 12.9. The molecular weight excluding hydrogens is 342 g/mol. The van der Waals surface area contributed by atoms with Gasteiger partial charge in [-0.1, -0.05) is 30.3 Å². The molecule has 0 fully saturated rings. The van der Waals surface area contributed by atoms with Gasteiger partial charge in [-0.15, -0.1) is 0 Å². The zero-order chi connectivity index (χ0) is 19.1. The number of H-pyrrole nitrogens is 1. The second kappa shape index (κ2) is 9.00. The van der Waals surface area contributed by atoms with E-state index in [1.807, 2.05) is 55.5 Å². The number of aliphatic hydroxyl groups is 1. The highest BCUT2D eigenvalue weighted by Gasteiger charge is 2.19. The lowest BCUT2D eigenvalue weighted by Gasteiger charge is -2.24. The van der Waals surface area contributed by atoms with Gasteiger partial charge in [-0.3, -0.25) is 9.89 Å². The molecule has 1 unspecified atom stereocenters. The highest BCUT2D eigenvalue weighted by Crippen LogP contribution is 2.20. The molecule has 3 aromatic rings. The fourth-order valence-corrected chi connectivity index (χ4v) is 2.79. The van der Waals surface area contributed by atoms with E-state index < -0.39 is 6.10 Å². The summed E-state index contributed by atoms with van der Waals surface area (Å²) in [6.45, 7) is 2.72. The summed E-state index contributed by atoms with van der Waals surface area (Å²) < 4.78 is 5.57. The maximum Gasteiger partial charge on any atom is 0.253 e. The molecule has 0 aliphatic rings. The van der Waals surface area contributed by atoms with E-state index in [9.17, 15) is 9.90 Å². The molecule has 3 rings (SSSR count). The number of aliphatic hydroxyl groups excluding tert-OH is 1. The molecule has 0 bridgehead atoms. The first-order valence-electron chi connectivity index (χ1n) is 8.91. The molecule has 1 heterocycles. The monoisotopic (exact) mass is 365 g/mol. The number of rotatable bonds is 8. The lowest BCUT2D eigenvalue weighted by Crippen LogP contribution is -2.39. The molecule has 6 nitrogen and oxygen atoms in total. The van der Waals surface area contributed by atoms with Gasteiger partial charge in [0.05, 0.1) is 12.7 Å². The molecule has 6 heteroatoms. The van der Waals surface area contributed by atoms with Crippen molar-refractivity contribution in [2.24, 2.45) is 0 Å². The highest BCUT2D eigenvalue weighted by atomic mass is 16.5. The summed E-state index contributed by atoms with van der Waals surface area (Å²) in [5, 5.41) is 17.0. The Balaban J connectivity index is 1.63. The number of benzene rings is 2. The SMILES string of the molecule is CCN(CC(O)COc1ccccc1)C(=O)c1cccc(-c2cn[nH]c2)c1. The van der Waals surface area contributed by atoms with Gasteiger partial charge in [0.1, 0.15) is 18.5 Å². The van der Waals surface area contributed by atoms with Crippen LogP contribution in [0.5, 0.6) is 5.75 Å². The van der Waals surface area contributed by atoms with Crippen molar-refractivity contribution in [3.8, 4) is 16.9 Å². The van der Waals surface area contributed by atoms with E-state index in [0.29, 0.717) is 17.9 Å². The van der Waals surface area contributed by atoms with E-state index in [-0.39, 0.29) is 19.1 Å². The zero-order valence-electron chi connectivity index (χ0n) is 15.2. The second-order valence-electron chi connectivity index (χ2n) is 6.19. The molecule has 0 saturated heterocycles. The predicted molar refractivity (Wildman–Crippen MR) is 104 cm³/mol. The first-order valence-corrected chi connectivity index (χ1v) is 8.91. The minimum atomic E-state index is -0.772. The number of nitrogens with zero attached hydrogens (tertiary/aromatic N) is 2. The van der Waals surface area contributed by atoms with Crippen LogP contribution in [-0.2, 0) is 0 Å². The van der Waals surface area contributed by atoms with Crippen molar-refractivity contribution >= 4 is 5.91 Å². The van der Waals surface area contributed by atoms with Crippen molar-refractivity contribution in [2.75, 3.05) is 19.7 Å². The van der Waals surface area contributed by atoms with Crippen molar-refractivity contribution in [1.82, 2.24) is 15.1 Å². The van der Waals surface area contributed by atoms with Gasteiger partial charge in [-0.2, -0.15) is 5.10 Å². The Morgan fingerprint density at radius 2 is 2.00 bits per heavy atom. The van der Waals surface area contributed by atoms with Gasteiger partial charge in [-0.05, 0) is 36.8 Å². The molecule has 2 N–H and O–H groups in total. The topological polar surface area (TPSA) is 78.5 Å². The van der Waals surface area contributed by atoms with Crippen molar-refractivity contribution < 1.29 is 14.6 Å². The average molecular weight is 365 g/mol. The van der Waals surface area contributed by atoms with Crippen molar-refractivity contribution in [3.63, 3.8) is 0 Å². The van der Waals surface area contributed by atoms with Crippen molar-refractivity contribution in [3.05, 3.63) is 72.6 Å². The third-order valence-corrected chi connectivity index (χ3v) is 4.23. The first kappa shape index (κ1) is 18.7. The summed E-state index contributed by atoms with van der Waals surface area (Å²) in [5.41, 5.74) is 2.41. The molecule has 0 saturated carbocycles. The van der Waals surface area contributed by atoms with Crippen LogP contribution in [-0.4, -0.2) is 51.9 Å². The van der Waals surface area contributed by atoms with Crippen LogP contribution in [0.1, 0.15) is 17.3 Å². The number of hydrogen-bond acceptors (Lipinski definition) is 4. The summed E-state index contributed by atoms with van der Waals surface area (Å²) in [6, 6.07) is 16.7. The Labute approximate surface area is 158 Å². The Morgan fingerprint density at radius 3 is 2.70 bits per heavy atom. The van der Waals surface area contributed by atoms with Gasteiger partial charge in [0.15, 0.2) is 0 Å². The fraction of sp³-hybridized carbons (Fsp3) is 0.238. The third-order valence-electron chi connectivity index (χ3n) is 4.23. The molecule has 0 spiro atoms. The summed E-state index contributed by atoms with van der Waals surface area (Å²) in [4.78, 5) is 14.5. The van der Waals surface area contributed by atoms with E-state index in [0.717, 1.165) is 11.1 Å². The van der Waals surface area contributed by atoms with Crippen molar-refractivity contribution in [1.29, 1.82) is 0 Å². The summed E-state index contributed by atoms with van der Waals surface area (Å²) >= 11 is 0. The van der Waals surface area contributed by atoms with Crippen LogP contribution in [0.25, 0.3) is 11.1 Å². The van der Waals surface area contributed by atoms with E-state index >= 15 is 0 Å². The van der Waals surface area contributed by atoms with Gasteiger partial charge in [0, 0.05) is 23.9 Å². The standard InChI is InChI=1S/C21H23N3O3/c1-2-24(14-19(25)15-27-20-9-4-3-5-10-20)21(26)17-8-6-7-16(11-17)18-12-22-23-13-18/h3-13,19,25H,2,14-15H2,1H3,(H,22,23). The molecule has 27 heavy (non-hydrogen) atoms. The zero-order valence-corrected chi connectivity index (χ0v) is 15.2. The van der Waals surface area contributed by atoms with Gasteiger partial charge >= 0.3 is 0 Å². The van der Waals surface area contributed by atoms with Crippen molar-refractivity contribution in [2.45, 2.75) is 13.0 Å². The van der Waals surface area contributed by atoms with E-state index in [2.05, 4.69) is 10.2 Å². The number of nitrogens with one attached hydrogen (secondary N) is 1. The van der Waals surface area contributed by atoms with Gasteiger partial charge < -0.3 is 14.7 Å². The van der Waals surface area contributed by atoms with Crippen LogP contribution in [0, 0.1) is 0 Å². The van der Waals surface area contributed by atoms with E-state index in [1.54, 1.807) is 23.4 Å². The number of aromatic amines is 1. The summed E-state index contributed by atoms with van der Waals surface area (Å²) in [5.74, 6) is 0.570. The molecule has 0 radical (unpaired) electrons. The van der Waals surface area contributed by atoms with Crippen LogP contribution >= 0.6 is 0 Å². The number of likely N-dealkylation sites (N-methyl/N-ethyl adjacent to an activating group) is 1. The molecule has 0 aliphatic heterocycles. The summed E-state index contributed by atoms with van der Waals surface area (Å²) in [6.07, 6.45) is 2.73. The fourth-order valence-electron chi connectivity index (χ4n) is 2.79. The van der Waals surface area contributed by atoms with E-state index in [1.165, 1.54) is 0 Å². The van der Waals surface area contributed by atoms with Crippen LogP contribution in [0.2, 0.25) is 0 Å². The van der Waals surface area contributed by atoms with Gasteiger partial charge in [0.25, 0.3) is 5.91 Å². The molecule has 1 aromatic heterocycles. The third kappa shape index (κ3) is 4.95. The normalized spacial score (nSPS) is 11.8. The Kier molecular flexibility index (Phi) is 6.22. The number of para-hydroxylation sites is 1. The Hall–Kier alpha value is -3.12. The number of carbonyl (C=O) groups is 1. The molecule has 1 atom stereocenters. The molecule has 0 aliphatic carbocycles. The summed E-state index contributed by atoms with van der Waals surface area (Å²) in [7, 11) is 0.